The molecule has 1 aromatic heterocycles. The van der Waals surface area contributed by atoms with Gasteiger partial charge in [-0.2, -0.15) is 17.8 Å². The molecule has 0 radical (unpaired) electrons. The second kappa shape index (κ2) is 7.59. The third kappa shape index (κ3) is 5.27. The van der Waals surface area contributed by atoms with Gasteiger partial charge in [-0.05, 0) is 26.1 Å². The highest BCUT2D eigenvalue weighted by Crippen LogP contribution is 1.99. The first kappa shape index (κ1) is 16.1. The monoisotopic (exact) mass is 289 g/mol. The van der Waals surface area contributed by atoms with Gasteiger partial charge in [0, 0.05) is 45.5 Å². The summed E-state index contributed by atoms with van der Waals surface area (Å²) in [5.74, 6) is 0. The van der Waals surface area contributed by atoms with E-state index in [2.05, 4.69) is 15.1 Å². The van der Waals surface area contributed by atoms with Crippen molar-refractivity contribution in [2.24, 2.45) is 7.05 Å². The number of hydrogen-bond donors (Lipinski definition) is 2. The summed E-state index contributed by atoms with van der Waals surface area (Å²) in [7, 11) is 1.89. The summed E-state index contributed by atoms with van der Waals surface area (Å²) in [6, 6.07) is 1.88. The van der Waals surface area contributed by atoms with Gasteiger partial charge >= 0.3 is 0 Å². The van der Waals surface area contributed by atoms with Crippen LogP contribution in [-0.2, 0) is 23.7 Å². The number of rotatable bonds is 9. The van der Waals surface area contributed by atoms with Crippen LogP contribution in [-0.4, -0.2) is 56.2 Å². The molecule has 0 saturated carbocycles. The first-order valence-electron chi connectivity index (χ1n) is 6.30. The quantitative estimate of drug-likeness (QED) is 0.592. The van der Waals surface area contributed by atoms with Crippen molar-refractivity contribution in [3.8, 4) is 0 Å². The SMILES string of the molecule is CNCCCN(C)S(=O)(=O)NCCc1ccnn1C. The summed E-state index contributed by atoms with van der Waals surface area (Å²) in [5, 5.41) is 7.03. The Bertz CT molecular complexity index is 471. The van der Waals surface area contributed by atoms with Gasteiger partial charge in [-0.1, -0.05) is 0 Å². The Morgan fingerprint density at radius 2 is 2.16 bits per heavy atom. The van der Waals surface area contributed by atoms with Crippen molar-refractivity contribution in [2.75, 3.05) is 33.7 Å². The Balaban J connectivity index is 2.36. The van der Waals surface area contributed by atoms with Crippen molar-refractivity contribution in [2.45, 2.75) is 12.8 Å². The fraction of sp³-hybridized carbons (Fsp3) is 0.727. The van der Waals surface area contributed by atoms with E-state index in [0.29, 0.717) is 19.5 Å². The molecule has 0 aliphatic heterocycles. The van der Waals surface area contributed by atoms with Crippen molar-refractivity contribution in [1.82, 2.24) is 24.1 Å². The minimum Gasteiger partial charge on any atom is -0.320 e. The number of nitrogens with one attached hydrogen (secondary N) is 2. The van der Waals surface area contributed by atoms with Crippen molar-refractivity contribution in [3.63, 3.8) is 0 Å². The smallest absolute Gasteiger partial charge is 0.279 e. The van der Waals surface area contributed by atoms with E-state index >= 15 is 0 Å². The molecule has 0 amide bonds. The first-order chi connectivity index (χ1) is 8.97. The highest BCUT2D eigenvalue weighted by Gasteiger charge is 2.16. The molecule has 0 bridgehead atoms. The van der Waals surface area contributed by atoms with Crippen LogP contribution in [0.3, 0.4) is 0 Å². The van der Waals surface area contributed by atoms with Crippen molar-refractivity contribution < 1.29 is 8.42 Å². The van der Waals surface area contributed by atoms with Crippen LogP contribution in [0.1, 0.15) is 12.1 Å². The molecule has 0 aliphatic rings. The van der Waals surface area contributed by atoms with E-state index in [-0.39, 0.29) is 0 Å². The average Bonchev–Trinajstić information content (AvgIpc) is 2.75. The third-order valence-electron chi connectivity index (χ3n) is 2.90. The number of aromatic nitrogens is 2. The van der Waals surface area contributed by atoms with Crippen molar-refractivity contribution >= 4 is 10.2 Å². The molecular weight excluding hydrogens is 266 g/mol. The van der Waals surface area contributed by atoms with E-state index in [1.54, 1.807) is 17.9 Å². The predicted molar refractivity (Wildman–Crippen MR) is 75.0 cm³/mol. The summed E-state index contributed by atoms with van der Waals surface area (Å²) < 4.78 is 29.5. The molecule has 1 rings (SSSR count). The normalized spacial score (nSPS) is 12.2. The van der Waals surface area contributed by atoms with E-state index in [4.69, 9.17) is 0 Å². The molecule has 0 fully saturated rings. The van der Waals surface area contributed by atoms with Crippen molar-refractivity contribution in [1.29, 1.82) is 0 Å². The lowest BCUT2D eigenvalue weighted by molar-refractivity contribution is 0.448. The minimum atomic E-state index is -3.38. The van der Waals surface area contributed by atoms with Gasteiger partial charge in [-0.25, -0.2) is 4.72 Å². The maximum absolute atomic E-state index is 11.9. The molecule has 0 saturated heterocycles. The van der Waals surface area contributed by atoms with Crippen molar-refractivity contribution in [3.05, 3.63) is 18.0 Å². The summed E-state index contributed by atoms with van der Waals surface area (Å²) >= 11 is 0. The fourth-order valence-electron chi connectivity index (χ4n) is 1.66. The van der Waals surface area contributed by atoms with Crippen LogP contribution >= 0.6 is 0 Å². The molecule has 0 spiro atoms. The van der Waals surface area contributed by atoms with Gasteiger partial charge in [-0.3, -0.25) is 4.68 Å². The molecule has 1 aromatic rings. The average molecular weight is 289 g/mol. The van der Waals surface area contributed by atoms with E-state index in [0.717, 1.165) is 18.7 Å². The Morgan fingerprint density at radius 3 is 2.74 bits per heavy atom. The molecule has 8 heteroatoms. The molecule has 1 heterocycles. The molecule has 2 N–H and O–H groups in total. The summed E-state index contributed by atoms with van der Waals surface area (Å²) in [5.41, 5.74) is 1.00. The van der Waals surface area contributed by atoms with Gasteiger partial charge in [0.2, 0.25) is 0 Å². The van der Waals surface area contributed by atoms with E-state index in [1.807, 2.05) is 20.2 Å². The second-order valence-corrected chi connectivity index (χ2v) is 6.24. The zero-order valence-electron chi connectivity index (χ0n) is 11.8. The summed E-state index contributed by atoms with van der Waals surface area (Å²) in [4.78, 5) is 0. The molecular formula is C11H23N5O2S. The Kier molecular flexibility index (Phi) is 6.43. The third-order valence-corrected chi connectivity index (χ3v) is 4.47. The lowest BCUT2D eigenvalue weighted by atomic mass is 10.3. The van der Waals surface area contributed by atoms with Gasteiger partial charge < -0.3 is 5.32 Å². The highest BCUT2D eigenvalue weighted by atomic mass is 32.2. The zero-order valence-corrected chi connectivity index (χ0v) is 12.6. The molecule has 0 aromatic carbocycles. The van der Waals surface area contributed by atoms with Crippen LogP contribution in [0.25, 0.3) is 0 Å². The number of hydrogen-bond acceptors (Lipinski definition) is 4. The van der Waals surface area contributed by atoms with Crippen LogP contribution in [0.2, 0.25) is 0 Å². The molecule has 110 valence electrons. The largest absolute Gasteiger partial charge is 0.320 e. The summed E-state index contributed by atoms with van der Waals surface area (Å²) in [6.45, 7) is 1.68. The Hall–Kier alpha value is -0.960. The first-order valence-corrected chi connectivity index (χ1v) is 7.74. The van der Waals surface area contributed by atoms with Crippen LogP contribution in [0, 0.1) is 0 Å². The minimum absolute atomic E-state index is 0.373. The van der Waals surface area contributed by atoms with Gasteiger partial charge in [0.15, 0.2) is 0 Å². The lowest BCUT2D eigenvalue weighted by Crippen LogP contribution is -2.40. The predicted octanol–water partition coefficient (Wildman–Crippen LogP) is -0.662. The topological polar surface area (TPSA) is 79.3 Å². The molecule has 19 heavy (non-hydrogen) atoms. The highest BCUT2D eigenvalue weighted by molar-refractivity contribution is 7.87. The number of aryl methyl sites for hydroxylation is 1. The van der Waals surface area contributed by atoms with E-state index in [9.17, 15) is 8.42 Å². The van der Waals surface area contributed by atoms with E-state index in [1.165, 1.54) is 4.31 Å². The van der Waals surface area contributed by atoms with Crippen LogP contribution in [0.15, 0.2) is 12.3 Å². The standard InChI is InChI=1S/C11H23N5O2S/c1-12-7-4-10-15(2)19(17,18)14-9-6-11-5-8-13-16(11)3/h5,8,12,14H,4,6-7,9-10H2,1-3H3. The van der Waals surface area contributed by atoms with Gasteiger partial charge in [0.1, 0.15) is 0 Å². The second-order valence-electron chi connectivity index (χ2n) is 4.37. The molecule has 0 unspecified atom stereocenters. The van der Waals surface area contributed by atoms with Gasteiger partial charge in [0.25, 0.3) is 10.2 Å². The van der Waals surface area contributed by atoms with Crippen LogP contribution in [0.4, 0.5) is 0 Å². The maximum atomic E-state index is 11.9. The molecule has 0 atom stereocenters. The summed E-state index contributed by atoms with van der Waals surface area (Å²) in [6.07, 6.45) is 3.11. The fourth-order valence-corrected chi connectivity index (χ4v) is 2.61. The Morgan fingerprint density at radius 1 is 1.42 bits per heavy atom. The molecule has 7 nitrogen and oxygen atoms in total. The van der Waals surface area contributed by atoms with E-state index < -0.39 is 10.2 Å². The van der Waals surface area contributed by atoms with Gasteiger partial charge in [-0.15, -0.1) is 0 Å². The Labute approximate surface area is 115 Å². The van der Waals surface area contributed by atoms with Gasteiger partial charge in [0.05, 0.1) is 0 Å². The van der Waals surface area contributed by atoms with Crippen LogP contribution < -0.4 is 10.0 Å². The maximum Gasteiger partial charge on any atom is 0.279 e. The zero-order chi connectivity index (χ0) is 14.3. The van der Waals surface area contributed by atoms with Crippen LogP contribution in [0.5, 0.6) is 0 Å². The number of nitrogens with zero attached hydrogens (tertiary/aromatic N) is 3. The molecule has 0 aliphatic carbocycles. The lowest BCUT2D eigenvalue weighted by Gasteiger charge is -2.17.